The fourth-order valence-electron chi connectivity index (χ4n) is 2.70. The van der Waals surface area contributed by atoms with Gasteiger partial charge in [0.25, 0.3) is 5.91 Å². The highest BCUT2D eigenvalue weighted by Crippen LogP contribution is 2.31. The van der Waals surface area contributed by atoms with Gasteiger partial charge in [-0.2, -0.15) is 0 Å². The first kappa shape index (κ1) is 19.3. The zero-order chi connectivity index (χ0) is 18.9. The zero-order valence-electron chi connectivity index (χ0n) is 15.0. The lowest BCUT2D eigenvalue weighted by Gasteiger charge is -2.24. The third-order valence-corrected chi connectivity index (χ3v) is 3.96. The van der Waals surface area contributed by atoms with Gasteiger partial charge in [-0.25, -0.2) is 0 Å². The molecule has 2 aromatic rings. The number of aliphatic carboxylic acids is 1. The third-order valence-electron chi connectivity index (χ3n) is 3.96. The highest BCUT2D eigenvalue weighted by molar-refractivity contribution is 5.97. The van der Waals surface area contributed by atoms with Gasteiger partial charge in [0.15, 0.2) is 11.5 Å². The van der Waals surface area contributed by atoms with Crippen molar-refractivity contribution in [3.05, 3.63) is 59.7 Å². The monoisotopic (exact) mass is 357 g/mol. The molecule has 2 aromatic carbocycles. The Morgan fingerprint density at radius 1 is 1.00 bits per heavy atom. The predicted octanol–water partition coefficient (Wildman–Crippen LogP) is 3.21. The maximum absolute atomic E-state index is 13.1. The summed E-state index contributed by atoms with van der Waals surface area (Å²) in [5.41, 5.74) is 1.36. The van der Waals surface area contributed by atoms with Crippen molar-refractivity contribution in [1.29, 1.82) is 0 Å². The van der Waals surface area contributed by atoms with Crippen LogP contribution in [0.15, 0.2) is 48.5 Å². The summed E-state index contributed by atoms with van der Waals surface area (Å²) in [6, 6.07) is 14.7. The predicted molar refractivity (Wildman–Crippen MR) is 97.6 cm³/mol. The number of benzene rings is 2. The minimum Gasteiger partial charge on any atom is -0.493 e. The fraction of sp³-hybridized carbons (Fsp3) is 0.300. The van der Waals surface area contributed by atoms with Crippen LogP contribution >= 0.6 is 0 Å². The van der Waals surface area contributed by atoms with E-state index in [9.17, 15) is 9.59 Å². The van der Waals surface area contributed by atoms with Crippen molar-refractivity contribution >= 4 is 11.9 Å². The molecule has 0 radical (unpaired) electrons. The smallest absolute Gasteiger partial charge is 0.303 e. The average Bonchev–Trinajstić information content (AvgIpc) is 2.66. The Kier molecular flexibility index (Phi) is 7.02. The van der Waals surface area contributed by atoms with E-state index < -0.39 is 5.97 Å². The van der Waals surface area contributed by atoms with Gasteiger partial charge in [0.1, 0.15) is 0 Å². The van der Waals surface area contributed by atoms with E-state index in [1.165, 1.54) is 14.2 Å². The molecule has 0 unspecified atom stereocenters. The average molecular weight is 357 g/mol. The number of carboxylic acids is 1. The maximum Gasteiger partial charge on any atom is 0.303 e. The molecular weight excluding hydrogens is 334 g/mol. The van der Waals surface area contributed by atoms with Crippen LogP contribution in [0.1, 0.15) is 28.8 Å². The summed E-state index contributed by atoms with van der Waals surface area (Å²) in [5.74, 6) is -0.258. The summed E-state index contributed by atoms with van der Waals surface area (Å²) in [4.78, 5) is 25.6. The van der Waals surface area contributed by atoms with Gasteiger partial charge >= 0.3 is 5.97 Å². The number of methoxy groups -OCH3 is 2. The van der Waals surface area contributed by atoms with E-state index in [1.807, 2.05) is 30.3 Å². The fourth-order valence-corrected chi connectivity index (χ4v) is 2.70. The lowest BCUT2D eigenvalue weighted by Crippen LogP contribution is -2.32. The molecule has 2 rings (SSSR count). The molecule has 0 aromatic heterocycles. The normalized spacial score (nSPS) is 10.2. The molecule has 0 fully saturated rings. The van der Waals surface area contributed by atoms with Gasteiger partial charge in [0.05, 0.1) is 19.8 Å². The maximum atomic E-state index is 13.1. The molecule has 0 bridgehead atoms. The van der Waals surface area contributed by atoms with Gasteiger partial charge in [0, 0.05) is 19.5 Å². The Balaban J connectivity index is 2.28. The quantitative estimate of drug-likeness (QED) is 0.746. The number of nitrogens with zero attached hydrogens (tertiary/aromatic N) is 1. The van der Waals surface area contributed by atoms with E-state index in [4.69, 9.17) is 14.6 Å². The molecule has 0 aliphatic heterocycles. The molecule has 1 amide bonds. The Morgan fingerprint density at radius 3 is 2.35 bits per heavy atom. The van der Waals surface area contributed by atoms with Gasteiger partial charge in [-0.05, 0) is 24.1 Å². The molecule has 26 heavy (non-hydrogen) atoms. The van der Waals surface area contributed by atoms with Crippen LogP contribution in [0.25, 0.3) is 0 Å². The summed E-state index contributed by atoms with van der Waals surface area (Å²) in [6.45, 7) is 0.722. The van der Waals surface area contributed by atoms with Crippen molar-refractivity contribution < 1.29 is 24.2 Å². The number of para-hydroxylation sites is 1. The molecule has 1 N–H and O–H groups in total. The van der Waals surface area contributed by atoms with E-state index in [-0.39, 0.29) is 12.3 Å². The lowest BCUT2D eigenvalue weighted by atomic mass is 10.1. The van der Waals surface area contributed by atoms with Crippen LogP contribution in [0.2, 0.25) is 0 Å². The molecular formula is C20H23NO5. The number of carbonyl (C=O) groups excluding carboxylic acids is 1. The summed E-state index contributed by atoms with van der Waals surface area (Å²) in [5, 5.41) is 8.88. The Bertz CT molecular complexity index is 745. The Morgan fingerprint density at radius 2 is 1.73 bits per heavy atom. The molecule has 0 aliphatic carbocycles. The highest BCUT2D eigenvalue weighted by atomic mass is 16.5. The van der Waals surface area contributed by atoms with Crippen molar-refractivity contribution in [2.45, 2.75) is 19.4 Å². The molecule has 138 valence electrons. The molecule has 0 aliphatic rings. The molecule has 0 heterocycles. The Hall–Kier alpha value is -3.02. The third kappa shape index (κ3) is 4.99. The van der Waals surface area contributed by atoms with E-state index in [1.54, 1.807) is 23.1 Å². The second-order valence-corrected chi connectivity index (χ2v) is 5.75. The van der Waals surface area contributed by atoms with Crippen molar-refractivity contribution in [3.8, 4) is 11.5 Å². The summed E-state index contributed by atoms with van der Waals surface area (Å²) < 4.78 is 10.6. The first-order valence-corrected chi connectivity index (χ1v) is 8.32. The lowest BCUT2D eigenvalue weighted by molar-refractivity contribution is -0.137. The van der Waals surface area contributed by atoms with Gasteiger partial charge < -0.3 is 19.5 Å². The van der Waals surface area contributed by atoms with Crippen molar-refractivity contribution in [1.82, 2.24) is 4.90 Å². The molecule has 0 saturated carbocycles. The first-order chi connectivity index (χ1) is 12.6. The van der Waals surface area contributed by atoms with Gasteiger partial charge in [-0.1, -0.05) is 36.4 Å². The van der Waals surface area contributed by atoms with Crippen molar-refractivity contribution in [3.63, 3.8) is 0 Å². The number of hydrogen-bond acceptors (Lipinski definition) is 4. The van der Waals surface area contributed by atoms with Crippen LogP contribution in [0.3, 0.4) is 0 Å². The zero-order valence-corrected chi connectivity index (χ0v) is 15.0. The number of rotatable bonds is 9. The van der Waals surface area contributed by atoms with Crippen LogP contribution in [0, 0.1) is 0 Å². The van der Waals surface area contributed by atoms with Crippen LogP contribution in [0.4, 0.5) is 0 Å². The van der Waals surface area contributed by atoms with Gasteiger partial charge in [0.2, 0.25) is 0 Å². The topological polar surface area (TPSA) is 76.1 Å². The highest BCUT2D eigenvalue weighted by Gasteiger charge is 2.22. The van der Waals surface area contributed by atoms with E-state index in [0.717, 1.165) is 5.56 Å². The summed E-state index contributed by atoms with van der Waals surface area (Å²) >= 11 is 0. The van der Waals surface area contributed by atoms with Crippen LogP contribution in [-0.4, -0.2) is 42.6 Å². The second-order valence-electron chi connectivity index (χ2n) is 5.75. The number of amides is 1. The minimum atomic E-state index is -0.879. The summed E-state index contributed by atoms with van der Waals surface area (Å²) in [7, 11) is 3.00. The SMILES string of the molecule is COc1cccc(C(=O)N(CCCC(=O)O)Cc2ccccc2)c1OC. The molecule has 6 nitrogen and oxygen atoms in total. The largest absolute Gasteiger partial charge is 0.493 e. The Labute approximate surface area is 153 Å². The summed E-state index contributed by atoms with van der Waals surface area (Å²) in [6.07, 6.45) is 0.383. The molecule has 0 atom stereocenters. The number of hydrogen-bond donors (Lipinski definition) is 1. The second kappa shape index (κ2) is 9.46. The van der Waals surface area contributed by atoms with Crippen molar-refractivity contribution in [2.75, 3.05) is 20.8 Å². The standard InChI is InChI=1S/C20H23NO5/c1-25-17-11-6-10-16(19(17)26-2)20(24)21(13-7-12-18(22)23)14-15-8-4-3-5-9-15/h3-6,8-11H,7,12-14H2,1-2H3,(H,22,23). The molecule has 0 saturated heterocycles. The van der Waals surface area contributed by atoms with Gasteiger partial charge in [-0.3, -0.25) is 9.59 Å². The van der Waals surface area contributed by atoms with E-state index in [0.29, 0.717) is 36.6 Å². The van der Waals surface area contributed by atoms with E-state index in [2.05, 4.69) is 0 Å². The van der Waals surface area contributed by atoms with Crippen LogP contribution in [0.5, 0.6) is 11.5 Å². The number of carbonyl (C=O) groups is 2. The molecule has 0 spiro atoms. The van der Waals surface area contributed by atoms with Crippen LogP contribution in [-0.2, 0) is 11.3 Å². The minimum absolute atomic E-state index is 0.00775. The van der Waals surface area contributed by atoms with Gasteiger partial charge in [-0.15, -0.1) is 0 Å². The number of carboxylic acid groups (broad SMARTS) is 1. The number of ether oxygens (including phenoxy) is 2. The van der Waals surface area contributed by atoms with E-state index >= 15 is 0 Å². The first-order valence-electron chi connectivity index (χ1n) is 8.32. The molecule has 6 heteroatoms. The van der Waals surface area contributed by atoms with Crippen LogP contribution < -0.4 is 9.47 Å². The van der Waals surface area contributed by atoms with Crippen molar-refractivity contribution in [2.24, 2.45) is 0 Å².